The number of thiophene rings is 1. The number of nitrogens with zero attached hydrogens (tertiary/aromatic N) is 2. The first kappa shape index (κ1) is 16.5. The van der Waals surface area contributed by atoms with Crippen LogP contribution in [0.5, 0.6) is 0 Å². The first-order valence-electron chi connectivity index (χ1n) is 6.60. The van der Waals surface area contributed by atoms with Gasteiger partial charge in [-0.2, -0.15) is 4.31 Å². The van der Waals surface area contributed by atoms with Crippen LogP contribution in [0.3, 0.4) is 0 Å². The van der Waals surface area contributed by atoms with Gasteiger partial charge in [-0.3, -0.25) is 4.79 Å². The van der Waals surface area contributed by atoms with Gasteiger partial charge >= 0.3 is 0 Å². The van der Waals surface area contributed by atoms with E-state index < -0.39 is 15.9 Å². The molecule has 0 N–H and O–H groups in total. The Hall–Kier alpha value is -0.380. The second-order valence-electron chi connectivity index (χ2n) is 5.35. The zero-order valence-corrected chi connectivity index (χ0v) is 14.8. The Balaban J connectivity index is 1.96. The van der Waals surface area contributed by atoms with E-state index in [9.17, 15) is 13.2 Å². The van der Waals surface area contributed by atoms with Crippen LogP contribution in [-0.2, 0) is 19.6 Å². The number of amides is 1. The van der Waals surface area contributed by atoms with Crippen LogP contribution in [0, 0.1) is 5.92 Å². The molecule has 122 valence electrons. The molecule has 1 aromatic heterocycles. The number of sulfonamides is 1. The molecule has 2 bridgehead atoms. The Morgan fingerprint density at radius 1 is 1.32 bits per heavy atom. The number of carbonyl (C=O) groups excluding carboxylic acids is 1. The second-order valence-corrected chi connectivity index (χ2v) is 9.57. The zero-order valence-electron chi connectivity index (χ0n) is 11.7. The summed E-state index contributed by atoms with van der Waals surface area (Å²) in [6, 6.07) is 1.06. The van der Waals surface area contributed by atoms with E-state index >= 15 is 0 Å². The van der Waals surface area contributed by atoms with Crippen molar-refractivity contribution in [3.8, 4) is 0 Å². The minimum atomic E-state index is -3.73. The summed E-state index contributed by atoms with van der Waals surface area (Å²) in [4.78, 5) is 13.9. The third-order valence-electron chi connectivity index (χ3n) is 3.93. The van der Waals surface area contributed by atoms with E-state index in [0.717, 1.165) is 11.3 Å². The topological polar surface area (TPSA) is 66.9 Å². The van der Waals surface area contributed by atoms with Gasteiger partial charge in [0.2, 0.25) is 5.91 Å². The summed E-state index contributed by atoms with van der Waals surface area (Å²) in [6.07, 6.45) is 0. The predicted molar refractivity (Wildman–Crippen MR) is 84.0 cm³/mol. The average Bonchev–Trinajstić information content (AvgIpc) is 2.65. The van der Waals surface area contributed by atoms with E-state index in [1.165, 1.54) is 10.4 Å². The number of rotatable bonds is 2. The summed E-state index contributed by atoms with van der Waals surface area (Å²) in [6.45, 7) is 0.873. The molecule has 0 saturated carbocycles. The summed E-state index contributed by atoms with van der Waals surface area (Å²) >= 11 is 12.7. The maximum Gasteiger partial charge on any atom is 0.252 e. The van der Waals surface area contributed by atoms with Crippen molar-refractivity contribution in [2.45, 2.75) is 10.3 Å². The van der Waals surface area contributed by atoms with E-state index in [0.29, 0.717) is 6.61 Å². The fourth-order valence-electron chi connectivity index (χ4n) is 2.64. The van der Waals surface area contributed by atoms with Gasteiger partial charge in [0, 0.05) is 20.1 Å². The van der Waals surface area contributed by atoms with Gasteiger partial charge in [0.1, 0.15) is 8.55 Å². The van der Waals surface area contributed by atoms with Gasteiger partial charge in [-0.05, 0) is 6.07 Å². The summed E-state index contributed by atoms with van der Waals surface area (Å²) in [5.41, 5.74) is 0. The van der Waals surface area contributed by atoms with Crippen molar-refractivity contribution in [1.29, 1.82) is 0 Å². The molecular formula is C12H14Cl2N2O4S2. The van der Waals surface area contributed by atoms with E-state index in [1.54, 1.807) is 11.9 Å². The van der Waals surface area contributed by atoms with Crippen molar-refractivity contribution >= 4 is 50.5 Å². The maximum atomic E-state index is 12.8. The van der Waals surface area contributed by atoms with Crippen LogP contribution in [0.4, 0.5) is 0 Å². The van der Waals surface area contributed by atoms with Crippen molar-refractivity contribution in [1.82, 2.24) is 9.21 Å². The highest BCUT2D eigenvalue weighted by Crippen LogP contribution is 2.36. The molecule has 1 amide bonds. The molecule has 2 fully saturated rings. The van der Waals surface area contributed by atoms with Crippen molar-refractivity contribution in [2.24, 2.45) is 5.92 Å². The van der Waals surface area contributed by atoms with Gasteiger partial charge in [0.15, 0.2) is 0 Å². The number of fused-ring (bicyclic) bond motifs is 3. The van der Waals surface area contributed by atoms with Gasteiger partial charge in [-0.15, -0.1) is 11.3 Å². The number of likely N-dealkylation sites (N-methyl/N-ethyl adjacent to an activating group) is 1. The smallest absolute Gasteiger partial charge is 0.252 e. The third kappa shape index (κ3) is 2.76. The van der Waals surface area contributed by atoms with Crippen molar-refractivity contribution in [3.05, 3.63) is 15.4 Å². The molecule has 3 rings (SSSR count). The monoisotopic (exact) mass is 384 g/mol. The van der Waals surface area contributed by atoms with Crippen LogP contribution >= 0.6 is 34.5 Å². The molecule has 2 atom stereocenters. The van der Waals surface area contributed by atoms with Crippen LogP contribution < -0.4 is 0 Å². The van der Waals surface area contributed by atoms with Gasteiger partial charge in [0.05, 0.1) is 30.2 Å². The van der Waals surface area contributed by atoms with Crippen molar-refractivity contribution in [3.63, 3.8) is 0 Å². The molecule has 6 nitrogen and oxygen atoms in total. The molecule has 0 aliphatic carbocycles. The maximum absolute atomic E-state index is 12.8. The van der Waals surface area contributed by atoms with Crippen LogP contribution in [0.25, 0.3) is 0 Å². The number of ether oxygens (including phenoxy) is 1. The van der Waals surface area contributed by atoms with Crippen LogP contribution in [0.2, 0.25) is 9.36 Å². The molecule has 0 spiro atoms. The standard InChI is InChI=1S/C12H14Cl2N2O4S2/c1-15-8-4-16(3-7(12(15)17)5-20-6-8)22(18,19)10-2-9(13)11(14)21-10/h2,7-8H,3-6H2,1H3/t7-,8+/m1/s1. The molecule has 2 aliphatic rings. The number of hydrogen-bond acceptors (Lipinski definition) is 5. The largest absolute Gasteiger partial charge is 0.378 e. The predicted octanol–water partition coefficient (Wildman–Crippen LogP) is 1.53. The average molecular weight is 385 g/mol. The first-order chi connectivity index (χ1) is 10.3. The van der Waals surface area contributed by atoms with E-state index in [-0.39, 0.29) is 45.2 Å². The molecule has 1 aromatic rings. The minimum absolute atomic E-state index is 0.0811. The van der Waals surface area contributed by atoms with Gasteiger partial charge in [0.25, 0.3) is 10.0 Å². The quantitative estimate of drug-likeness (QED) is 0.775. The Kier molecular flexibility index (Phi) is 4.43. The van der Waals surface area contributed by atoms with Crippen LogP contribution in [0.15, 0.2) is 10.3 Å². The summed E-state index contributed by atoms with van der Waals surface area (Å²) < 4.78 is 32.7. The van der Waals surface area contributed by atoms with Gasteiger partial charge < -0.3 is 9.64 Å². The lowest BCUT2D eigenvalue weighted by Crippen LogP contribution is -2.44. The van der Waals surface area contributed by atoms with E-state index in [1.807, 2.05) is 0 Å². The molecule has 0 aromatic carbocycles. The lowest BCUT2D eigenvalue weighted by atomic mass is 10.1. The SMILES string of the molecule is CN1C(=O)[C@H]2COC[C@@H]1CN(S(=O)(=O)c1cc(Cl)c(Cl)s1)C2. The third-order valence-corrected chi connectivity index (χ3v) is 8.08. The number of halogens is 2. The molecule has 2 aliphatic heterocycles. The molecule has 0 unspecified atom stereocenters. The zero-order chi connectivity index (χ0) is 16.1. The highest BCUT2D eigenvalue weighted by atomic mass is 35.5. The van der Waals surface area contributed by atoms with Crippen molar-refractivity contribution < 1.29 is 17.9 Å². The van der Waals surface area contributed by atoms with Gasteiger partial charge in [-0.1, -0.05) is 23.2 Å². The lowest BCUT2D eigenvalue weighted by Gasteiger charge is -2.28. The normalized spacial score (nSPS) is 27.0. The van der Waals surface area contributed by atoms with Crippen LogP contribution in [0.1, 0.15) is 0 Å². The minimum Gasteiger partial charge on any atom is -0.378 e. The molecule has 0 radical (unpaired) electrons. The molecule has 2 saturated heterocycles. The Morgan fingerprint density at radius 2 is 2.05 bits per heavy atom. The number of carbonyl (C=O) groups is 1. The highest BCUT2D eigenvalue weighted by molar-refractivity contribution is 7.91. The molecule has 3 heterocycles. The molecule has 22 heavy (non-hydrogen) atoms. The fourth-order valence-corrected chi connectivity index (χ4v) is 6.19. The van der Waals surface area contributed by atoms with Gasteiger partial charge in [-0.25, -0.2) is 8.42 Å². The highest BCUT2D eigenvalue weighted by Gasteiger charge is 2.41. The molecular weight excluding hydrogens is 371 g/mol. The Bertz CT molecular complexity index is 686. The van der Waals surface area contributed by atoms with E-state index in [4.69, 9.17) is 27.9 Å². The van der Waals surface area contributed by atoms with Crippen molar-refractivity contribution in [2.75, 3.05) is 33.4 Å². The Morgan fingerprint density at radius 3 is 2.68 bits per heavy atom. The van der Waals surface area contributed by atoms with Crippen LogP contribution in [-0.4, -0.2) is 62.9 Å². The summed E-state index contributed by atoms with van der Waals surface area (Å²) in [5.74, 6) is -0.569. The summed E-state index contributed by atoms with van der Waals surface area (Å²) in [7, 11) is -2.04. The molecule has 10 heteroatoms. The second kappa shape index (κ2) is 5.92. The Labute approximate surface area is 142 Å². The van der Waals surface area contributed by atoms with E-state index in [2.05, 4.69) is 0 Å². The number of hydrogen-bond donors (Lipinski definition) is 0. The first-order valence-corrected chi connectivity index (χ1v) is 9.61. The summed E-state index contributed by atoms with van der Waals surface area (Å²) in [5, 5.41) is 0.219. The lowest BCUT2D eigenvalue weighted by molar-refractivity contribution is -0.133. The fraction of sp³-hybridized carbons (Fsp3) is 0.583.